The Labute approximate surface area is 184 Å². The van der Waals surface area contributed by atoms with Gasteiger partial charge in [0, 0.05) is 40.1 Å². The van der Waals surface area contributed by atoms with Crippen molar-refractivity contribution in [3.63, 3.8) is 0 Å². The molecule has 0 unspecified atom stereocenters. The van der Waals surface area contributed by atoms with E-state index in [0.717, 1.165) is 33.3 Å². The maximum absolute atomic E-state index is 13.2. The Hall–Kier alpha value is -4.57. The molecule has 1 atom stereocenters. The van der Waals surface area contributed by atoms with Crippen LogP contribution in [0.25, 0.3) is 27.7 Å². The Morgan fingerprint density at radius 2 is 2.00 bits per heavy atom. The molecule has 0 aliphatic carbocycles. The van der Waals surface area contributed by atoms with Gasteiger partial charge in [0.2, 0.25) is 0 Å². The van der Waals surface area contributed by atoms with Gasteiger partial charge in [-0.15, -0.1) is 11.5 Å². The molecule has 0 bridgehead atoms. The second kappa shape index (κ2) is 7.60. The predicted molar refractivity (Wildman–Crippen MR) is 125 cm³/mol. The van der Waals surface area contributed by atoms with Crippen molar-refractivity contribution in [2.45, 2.75) is 13.0 Å². The van der Waals surface area contributed by atoms with Gasteiger partial charge in [0.05, 0.1) is 6.04 Å². The maximum Gasteiger partial charge on any atom is 0.259 e. The molecule has 0 aliphatic rings. The molecule has 7 nitrogen and oxygen atoms in total. The molecule has 0 fully saturated rings. The van der Waals surface area contributed by atoms with E-state index in [1.165, 1.54) is 4.52 Å². The van der Waals surface area contributed by atoms with Gasteiger partial charge in [-0.2, -0.15) is 0 Å². The molecule has 5 rings (SSSR count). The van der Waals surface area contributed by atoms with Crippen LogP contribution in [-0.4, -0.2) is 25.5 Å². The first-order chi connectivity index (χ1) is 15.6. The van der Waals surface area contributed by atoms with Crippen LogP contribution in [0.3, 0.4) is 0 Å². The fourth-order valence-corrected chi connectivity index (χ4v) is 4.08. The van der Waals surface area contributed by atoms with Crippen LogP contribution in [0.2, 0.25) is 0 Å². The SMILES string of the molecule is C#Cc1cccc2[nH]c([C@H](C)NC(=O)c3c(N)nn4cccnc34)c(-c3ccccc3)c12. The number of carbonyl (C=O) groups is 1. The van der Waals surface area contributed by atoms with Crippen molar-refractivity contribution in [3.05, 3.63) is 83.8 Å². The van der Waals surface area contributed by atoms with Crippen molar-refractivity contribution in [2.75, 3.05) is 5.73 Å². The van der Waals surface area contributed by atoms with Crippen LogP contribution >= 0.6 is 0 Å². The number of hydrogen-bond donors (Lipinski definition) is 3. The maximum atomic E-state index is 13.2. The number of amides is 1. The minimum absolute atomic E-state index is 0.128. The summed E-state index contributed by atoms with van der Waals surface area (Å²) in [6.45, 7) is 1.92. The fraction of sp³-hybridized carbons (Fsp3) is 0.0800. The van der Waals surface area contributed by atoms with Crippen LogP contribution < -0.4 is 11.1 Å². The average Bonchev–Trinajstić information content (AvgIpc) is 3.36. The second-order valence-corrected chi connectivity index (χ2v) is 7.50. The summed E-state index contributed by atoms with van der Waals surface area (Å²) in [5.41, 5.74) is 11.2. The second-order valence-electron chi connectivity index (χ2n) is 7.50. The highest BCUT2D eigenvalue weighted by Crippen LogP contribution is 2.37. The first kappa shape index (κ1) is 19.4. The van der Waals surface area contributed by atoms with Crippen molar-refractivity contribution < 1.29 is 4.79 Å². The van der Waals surface area contributed by atoms with E-state index in [2.05, 4.69) is 26.3 Å². The lowest BCUT2D eigenvalue weighted by atomic mass is 9.96. The van der Waals surface area contributed by atoms with E-state index in [-0.39, 0.29) is 23.3 Å². The molecule has 2 aromatic carbocycles. The van der Waals surface area contributed by atoms with Gasteiger partial charge in [0.15, 0.2) is 11.5 Å². The summed E-state index contributed by atoms with van der Waals surface area (Å²) >= 11 is 0. The number of rotatable bonds is 4. The third kappa shape index (κ3) is 3.06. The van der Waals surface area contributed by atoms with E-state index in [1.54, 1.807) is 18.5 Å². The van der Waals surface area contributed by atoms with Crippen LogP contribution in [0.4, 0.5) is 5.82 Å². The number of aromatic nitrogens is 4. The van der Waals surface area contributed by atoms with Crippen molar-refractivity contribution in [1.29, 1.82) is 0 Å². The van der Waals surface area contributed by atoms with E-state index in [1.807, 2.05) is 55.5 Å². The summed E-state index contributed by atoms with van der Waals surface area (Å²) < 4.78 is 1.49. The highest BCUT2D eigenvalue weighted by molar-refractivity contribution is 6.05. The Bertz CT molecular complexity index is 1510. The number of nitrogens with one attached hydrogen (secondary N) is 2. The molecule has 0 aliphatic heterocycles. The molecular formula is C25H20N6O. The number of terminal acetylenes is 1. The van der Waals surface area contributed by atoms with Crippen LogP contribution in [0, 0.1) is 12.3 Å². The number of benzene rings is 2. The molecule has 4 N–H and O–H groups in total. The monoisotopic (exact) mass is 420 g/mol. The molecule has 156 valence electrons. The normalized spacial score (nSPS) is 12.0. The van der Waals surface area contributed by atoms with Gasteiger partial charge >= 0.3 is 0 Å². The van der Waals surface area contributed by atoms with Gasteiger partial charge in [-0.1, -0.05) is 42.3 Å². The molecule has 0 saturated heterocycles. The van der Waals surface area contributed by atoms with Crippen molar-refractivity contribution in [2.24, 2.45) is 0 Å². The molecule has 0 saturated carbocycles. The smallest absolute Gasteiger partial charge is 0.259 e. The van der Waals surface area contributed by atoms with Gasteiger partial charge in [0.1, 0.15) is 5.56 Å². The zero-order chi connectivity index (χ0) is 22.2. The molecule has 32 heavy (non-hydrogen) atoms. The Morgan fingerprint density at radius 3 is 2.78 bits per heavy atom. The van der Waals surface area contributed by atoms with Gasteiger partial charge in [-0.25, -0.2) is 9.50 Å². The van der Waals surface area contributed by atoms with Gasteiger partial charge in [-0.05, 0) is 30.7 Å². The summed E-state index contributed by atoms with van der Waals surface area (Å²) in [5.74, 6) is 2.56. The first-order valence-corrected chi connectivity index (χ1v) is 10.1. The number of aromatic amines is 1. The van der Waals surface area contributed by atoms with Crippen molar-refractivity contribution in [3.8, 4) is 23.5 Å². The lowest BCUT2D eigenvalue weighted by molar-refractivity contribution is 0.0941. The third-order valence-corrected chi connectivity index (χ3v) is 5.50. The first-order valence-electron chi connectivity index (χ1n) is 10.1. The zero-order valence-corrected chi connectivity index (χ0v) is 17.3. The van der Waals surface area contributed by atoms with Crippen molar-refractivity contribution >= 4 is 28.3 Å². The van der Waals surface area contributed by atoms with E-state index in [4.69, 9.17) is 12.2 Å². The summed E-state index contributed by atoms with van der Waals surface area (Å²) in [7, 11) is 0. The number of H-pyrrole nitrogens is 1. The van der Waals surface area contributed by atoms with Crippen LogP contribution in [0.15, 0.2) is 67.0 Å². The zero-order valence-electron chi connectivity index (χ0n) is 17.3. The Kier molecular flexibility index (Phi) is 4.61. The Morgan fingerprint density at radius 1 is 1.19 bits per heavy atom. The van der Waals surface area contributed by atoms with Crippen molar-refractivity contribution in [1.82, 2.24) is 24.9 Å². The largest absolute Gasteiger partial charge is 0.381 e. The molecular weight excluding hydrogens is 400 g/mol. The number of fused-ring (bicyclic) bond motifs is 2. The van der Waals surface area contributed by atoms with Gasteiger partial charge in [-0.3, -0.25) is 4.79 Å². The molecule has 5 aromatic rings. The van der Waals surface area contributed by atoms with E-state index < -0.39 is 0 Å². The minimum Gasteiger partial charge on any atom is -0.381 e. The lowest BCUT2D eigenvalue weighted by Crippen LogP contribution is -2.28. The number of nitrogens with two attached hydrogens (primary N) is 1. The summed E-state index contributed by atoms with van der Waals surface area (Å²) in [6, 6.07) is 17.2. The predicted octanol–water partition coefficient (Wildman–Crippen LogP) is 3.93. The van der Waals surface area contributed by atoms with Gasteiger partial charge in [0.25, 0.3) is 5.91 Å². The molecule has 0 radical (unpaired) electrons. The highest BCUT2D eigenvalue weighted by Gasteiger charge is 2.24. The molecule has 7 heteroatoms. The van der Waals surface area contributed by atoms with E-state index >= 15 is 0 Å². The third-order valence-electron chi connectivity index (χ3n) is 5.50. The number of hydrogen-bond acceptors (Lipinski definition) is 4. The molecule has 1 amide bonds. The quantitative estimate of drug-likeness (QED) is 0.384. The number of nitrogen functional groups attached to an aromatic ring is 1. The van der Waals surface area contributed by atoms with Gasteiger partial charge < -0.3 is 16.0 Å². The van der Waals surface area contributed by atoms with Crippen LogP contribution in [-0.2, 0) is 0 Å². The Balaban J connectivity index is 1.61. The highest BCUT2D eigenvalue weighted by atomic mass is 16.1. The summed E-state index contributed by atoms with van der Waals surface area (Å²) in [5, 5.41) is 8.18. The van der Waals surface area contributed by atoms with Crippen LogP contribution in [0.1, 0.15) is 34.6 Å². The fourth-order valence-electron chi connectivity index (χ4n) is 4.08. The number of carbonyl (C=O) groups excluding carboxylic acids is 1. The summed E-state index contributed by atoms with van der Waals surface area (Å²) in [4.78, 5) is 20.9. The molecule has 0 spiro atoms. The topological polar surface area (TPSA) is 101 Å². The lowest BCUT2D eigenvalue weighted by Gasteiger charge is -2.15. The van der Waals surface area contributed by atoms with Crippen LogP contribution in [0.5, 0.6) is 0 Å². The standard InChI is InChI=1S/C25H20N6O/c1-3-16-11-7-12-18-19(16)20(17-9-5-4-6-10-17)22(29-18)15(2)28-25(32)21-23(26)30-31-14-8-13-27-24(21)31/h1,4-15,29H,2H3,(H2,26,30)(H,28,32)/t15-/m0/s1. The summed E-state index contributed by atoms with van der Waals surface area (Å²) in [6.07, 6.45) is 9.10. The van der Waals surface area contributed by atoms with E-state index in [9.17, 15) is 4.79 Å². The minimum atomic E-state index is -0.367. The number of nitrogens with zero attached hydrogens (tertiary/aromatic N) is 3. The average molecular weight is 420 g/mol. The number of anilines is 1. The van der Waals surface area contributed by atoms with E-state index in [0.29, 0.717) is 5.65 Å². The molecule has 3 aromatic heterocycles. The molecule has 3 heterocycles.